The SMILES string of the molecule is CCCCCC(C(=O)CN(CCN(COC=O)CC(=O)O)CCN(CC(=O)O)CC(=O)O)C(=O)OC. The summed E-state index contributed by atoms with van der Waals surface area (Å²) in [6.45, 7) is 0.306. The van der Waals surface area contributed by atoms with E-state index in [0.29, 0.717) is 12.8 Å². The first-order chi connectivity index (χ1) is 17.0. The van der Waals surface area contributed by atoms with Crippen molar-refractivity contribution in [3.05, 3.63) is 0 Å². The number of carboxylic acids is 3. The van der Waals surface area contributed by atoms with Crippen LogP contribution in [0.25, 0.3) is 0 Å². The Kier molecular flexibility index (Phi) is 17.5. The van der Waals surface area contributed by atoms with Gasteiger partial charge in [-0.3, -0.25) is 43.5 Å². The van der Waals surface area contributed by atoms with Gasteiger partial charge in [-0.15, -0.1) is 0 Å². The van der Waals surface area contributed by atoms with Gasteiger partial charge in [0.15, 0.2) is 5.78 Å². The van der Waals surface area contributed by atoms with Crippen molar-refractivity contribution in [2.45, 2.75) is 32.6 Å². The predicted octanol–water partition coefficient (Wildman–Crippen LogP) is -0.785. The molecule has 0 radical (unpaired) electrons. The maximum absolute atomic E-state index is 13.0. The monoisotopic (exact) mass is 519 g/mol. The lowest BCUT2D eigenvalue weighted by molar-refractivity contribution is -0.150. The second kappa shape index (κ2) is 19.1. The molecule has 0 spiro atoms. The van der Waals surface area contributed by atoms with Gasteiger partial charge in [0.25, 0.3) is 6.47 Å². The first kappa shape index (κ1) is 32.9. The maximum Gasteiger partial charge on any atom is 0.317 e. The summed E-state index contributed by atoms with van der Waals surface area (Å²) in [4.78, 5) is 73.1. The average molecular weight is 520 g/mol. The highest BCUT2D eigenvalue weighted by atomic mass is 16.5. The molecule has 14 nitrogen and oxygen atoms in total. The maximum atomic E-state index is 13.0. The third-order valence-corrected chi connectivity index (χ3v) is 5.22. The highest BCUT2D eigenvalue weighted by Crippen LogP contribution is 2.14. The van der Waals surface area contributed by atoms with Crippen LogP contribution in [0, 0.1) is 5.92 Å². The Morgan fingerprint density at radius 1 is 0.778 bits per heavy atom. The van der Waals surface area contributed by atoms with Crippen molar-refractivity contribution >= 4 is 36.1 Å². The van der Waals surface area contributed by atoms with Gasteiger partial charge in [0.1, 0.15) is 12.6 Å². The molecule has 0 aliphatic rings. The van der Waals surface area contributed by atoms with E-state index in [1.807, 2.05) is 6.92 Å². The van der Waals surface area contributed by atoms with E-state index in [1.165, 1.54) is 16.9 Å². The molecule has 0 aromatic heterocycles. The summed E-state index contributed by atoms with van der Waals surface area (Å²) < 4.78 is 9.41. The number of esters is 1. The second-order valence-corrected chi connectivity index (χ2v) is 8.15. The Labute approximate surface area is 209 Å². The van der Waals surface area contributed by atoms with Crippen molar-refractivity contribution < 1.29 is 53.6 Å². The highest BCUT2D eigenvalue weighted by Gasteiger charge is 2.29. The molecule has 0 fully saturated rings. The predicted molar refractivity (Wildman–Crippen MR) is 124 cm³/mol. The number of ketones is 1. The van der Waals surface area contributed by atoms with Gasteiger partial charge in [-0.2, -0.15) is 0 Å². The minimum absolute atomic E-state index is 0.0195. The van der Waals surface area contributed by atoms with Gasteiger partial charge in [-0.05, 0) is 6.42 Å². The number of unbranched alkanes of at least 4 members (excludes halogenated alkanes) is 2. The van der Waals surface area contributed by atoms with E-state index in [0.717, 1.165) is 12.8 Å². The molecule has 0 saturated carbocycles. The molecule has 1 unspecified atom stereocenters. The van der Waals surface area contributed by atoms with Crippen LogP contribution in [0.15, 0.2) is 0 Å². The minimum Gasteiger partial charge on any atom is -0.480 e. The number of hydrogen-bond acceptors (Lipinski definition) is 11. The van der Waals surface area contributed by atoms with Crippen LogP contribution in [-0.4, -0.2) is 132 Å². The summed E-state index contributed by atoms with van der Waals surface area (Å²) >= 11 is 0. The Hall–Kier alpha value is -3.10. The normalized spacial score (nSPS) is 11.9. The number of carbonyl (C=O) groups is 6. The van der Waals surface area contributed by atoms with Crippen LogP contribution in [0.4, 0.5) is 0 Å². The van der Waals surface area contributed by atoms with Crippen LogP contribution in [-0.2, 0) is 38.2 Å². The molecule has 0 aromatic rings. The van der Waals surface area contributed by atoms with Crippen molar-refractivity contribution in [2.75, 3.05) is 66.2 Å². The smallest absolute Gasteiger partial charge is 0.317 e. The molecule has 14 heteroatoms. The molecule has 0 aromatic carbocycles. The van der Waals surface area contributed by atoms with Crippen molar-refractivity contribution in [3.63, 3.8) is 0 Å². The van der Waals surface area contributed by atoms with E-state index in [-0.39, 0.29) is 45.9 Å². The zero-order valence-electron chi connectivity index (χ0n) is 20.8. The van der Waals surface area contributed by atoms with Crippen LogP contribution in [0.1, 0.15) is 32.6 Å². The van der Waals surface area contributed by atoms with E-state index in [9.17, 15) is 28.8 Å². The molecular formula is C22H37N3O11. The summed E-state index contributed by atoms with van der Waals surface area (Å²) in [6, 6.07) is 0. The molecule has 0 amide bonds. The van der Waals surface area contributed by atoms with Crippen molar-refractivity contribution in [1.29, 1.82) is 0 Å². The van der Waals surface area contributed by atoms with Gasteiger partial charge in [0.2, 0.25) is 0 Å². The standard InChI is InChI=1S/C22H37N3O11/c1-3-4-5-6-17(22(34)35-2)18(27)11-23(7-9-24(12-19(28)29)13-20(30)31)8-10-25(14-21(32)33)15-36-16-26/h16-17H,3-15H2,1-2H3,(H,28,29)(H,30,31)(H,32,33). The molecule has 206 valence electrons. The van der Waals surface area contributed by atoms with Gasteiger partial charge in [0, 0.05) is 26.2 Å². The third kappa shape index (κ3) is 15.7. The molecule has 1 atom stereocenters. The molecule has 0 aliphatic heterocycles. The van der Waals surface area contributed by atoms with E-state index in [4.69, 9.17) is 20.1 Å². The molecule has 3 N–H and O–H groups in total. The lowest BCUT2D eigenvalue weighted by atomic mass is 9.96. The van der Waals surface area contributed by atoms with Crippen LogP contribution in [0.5, 0.6) is 0 Å². The van der Waals surface area contributed by atoms with Crippen LogP contribution >= 0.6 is 0 Å². The van der Waals surface area contributed by atoms with Gasteiger partial charge in [0.05, 0.1) is 33.3 Å². The van der Waals surface area contributed by atoms with E-state index >= 15 is 0 Å². The molecule has 0 aliphatic carbocycles. The van der Waals surface area contributed by atoms with Crippen molar-refractivity contribution in [2.24, 2.45) is 5.92 Å². The van der Waals surface area contributed by atoms with E-state index in [1.54, 1.807) is 4.90 Å². The number of rotatable bonds is 23. The number of carbonyl (C=O) groups excluding carboxylic acids is 3. The van der Waals surface area contributed by atoms with Crippen LogP contribution in [0.3, 0.4) is 0 Å². The Bertz CT molecular complexity index is 716. The fraction of sp³-hybridized carbons (Fsp3) is 0.727. The highest BCUT2D eigenvalue weighted by molar-refractivity contribution is 5.99. The van der Waals surface area contributed by atoms with Gasteiger partial charge < -0.3 is 24.8 Å². The fourth-order valence-electron chi connectivity index (χ4n) is 3.43. The number of hydrogen-bond donors (Lipinski definition) is 3. The number of Topliss-reactive ketones (excluding diaryl/α,β-unsaturated/α-hetero) is 1. The molecule has 0 bridgehead atoms. The first-order valence-electron chi connectivity index (χ1n) is 11.5. The molecule has 0 heterocycles. The average Bonchev–Trinajstić information content (AvgIpc) is 2.79. The fourth-order valence-corrected chi connectivity index (χ4v) is 3.43. The van der Waals surface area contributed by atoms with E-state index in [2.05, 4.69) is 4.74 Å². The number of aliphatic carboxylic acids is 3. The number of carboxylic acid groups (broad SMARTS) is 3. The zero-order valence-corrected chi connectivity index (χ0v) is 20.8. The minimum atomic E-state index is -1.22. The largest absolute Gasteiger partial charge is 0.480 e. The summed E-state index contributed by atoms with van der Waals surface area (Å²) in [7, 11) is 1.19. The summed E-state index contributed by atoms with van der Waals surface area (Å²) in [5.41, 5.74) is 0. The lowest BCUT2D eigenvalue weighted by Gasteiger charge is -2.28. The molecule has 0 rings (SSSR count). The molecule has 0 saturated heterocycles. The van der Waals surface area contributed by atoms with Gasteiger partial charge in [-0.1, -0.05) is 26.2 Å². The van der Waals surface area contributed by atoms with Crippen molar-refractivity contribution in [3.8, 4) is 0 Å². The van der Waals surface area contributed by atoms with Gasteiger partial charge in [-0.25, -0.2) is 0 Å². The zero-order chi connectivity index (χ0) is 27.5. The molecular weight excluding hydrogens is 482 g/mol. The summed E-state index contributed by atoms with van der Waals surface area (Å²) in [5.74, 6) is -5.69. The third-order valence-electron chi connectivity index (χ3n) is 5.22. The first-order valence-corrected chi connectivity index (χ1v) is 11.5. The Morgan fingerprint density at radius 3 is 1.75 bits per heavy atom. The summed E-state index contributed by atoms with van der Waals surface area (Å²) in [6.07, 6.45) is 2.66. The number of nitrogens with zero attached hydrogens (tertiary/aromatic N) is 3. The summed E-state index contributed by atoms with van der Waals surface area (Å²) in [5, 5.41) is 27.2. The van der Waals surface area contributed by atoms with E-state index < -0.39 is 55.2 Å². The topological polar surface area (TPSA) is 191 Å². The van der Waals surface area contributed by atoms with Crippen molar-refractivity contribution in [1.82, 2.24) is 14.7 Å². The second-order valence-electron chi connectivity index (χ2n) is 8.15. The lowest BCUT2D eigenvalue weighted by Crippen LogP contribution is -2.46. The Morgan fingerprint density at radius 2 is 1.28 bits per heavy atom. The Balaban J connectivity index is 5.55. The number of methoxy groups -OCH3 is 1. The van der Waals surface area contributed by atoms with Crippen LogP contribution < -0.4 is 0 Å². The van der Waals surface area contributed by atoms with Crippen LogP contribution in [0.2, 0.25) is 0 Å². The number of ether oxygens (including phenoxy) is 2. The molecule has 36 heavy (non-hydrogen) atoms. The quantitative estimate of drug-likeness (QED) is 0.0500. The van der Waals surface area contributed by atoms with Gasteiger partial charge >= 0.3 is 23.9 Å².